The van der Waals surface area contributed by atoms with Crippen molar-refractivity contribution >= 4 is 5.96 Å². The highest BCUT2D eigenvalue weighted by atomic mass is 16.5. The summed E-state index contributed by atoms with van der Waals surface area (Å²) in [6, 6.07) is 8.31. The van der Waals surface area contributed by atoms with Gasteiger partial charge in [-0.3, -0.25) is 4.99 Å². The minimum Gasteiger partial charge on any atom is -0.497 e. The van der Waals surface area contributed by atoms with Crippen molar-refractivity contribution in [1.82, 2.24) is 4.90 Å². The summed E-state index contributed by atoms with van der Waals surface area (Å²) in [6.45, 7) is 2.38. The second kappa shape index (κ2) is 5.71. The molecule has 2 atom stereocenters. The summed E-state index contributed by atoms with van der Waals surface area (Å²) in [5.74, 6) is 1.48. The van der Waals surface area contributed by atoms with Crippen molar-refractivity contribution in [2.75, 3.05) is 26.8 Å². The Morgan fingerprint density at radius 2 is 2.40 bits per heavy atom. The maximum Gasteiger partial charge on any atom is 0.192 e. The molecule has 0 bridgehead atoms. The van der Waals surface area contributed by atoms with Crippen molar-refractivity contribution in [2.24, 2.45) is 10.7 Å². The topological polar surface area (TPSA) is 60.1 Å². The molecule has 0 aliphatic carbocycles. The molecule has 0 saturated carbocycles. The average Bonchev–Trinajstić information content (AvgIpc) is 3.11. The van der Waals surface area contributed by atoms with Crippen LogP contribution in [0.25, 0.3) is 0 Å². The quantitative estimate of drug-likeness (QED) is 0.905. The minimum absolute atomic E-state index is 0.189. The van der Waals surface area contributed by atoms with Gasteiger partial charge in [-0.1, -0.05) is 12.1 Å². The Labute approximate surface area is 119 Å². The molecule has 1 aromatic rings. The van der Waals surface area contributed by atoms with Crippen LogP contribution in [0.5, 0.6) is 5.75 Å². The largest absolute Gasteiger partial charge is 0.497 e. The Morgan fingerprint density at radius 3 is 3.15 bits per heavy atom. The van der Waals surface area contributed by atoms with Gasteiger partial charge in [0, 0.05) is 13.2 Å². The van der Waals surface area contributed by atoms with Gasteiger partial charge in [-0.05, 0) is 30.5 Å². The highest BCUT2D eigenvalue weighted by Crippen LogP contribution is 2.29. The molecule has 1 saturated heterocycles. The first-order valence-electron chi connectivity index (χ1n) is 7.10. The lowest BCUT2D eigenvalue weighted by Gasteiger charge is -2.29. The number of guanidine groups is 1. The van der Waals surface area contributed by atoms with Crippen LogP contribution >= 0.6 is 0 Å². The van der Waals surface area contributed by atoms with Crippen molar-refractivity contribution in [1.29, 1.82) is 0 Å². The molecule has 2 aliphatic rings. The number of hydrogen-bond acceptors (Lipinski definition) is 5. The molecule has 3 rings (SSSR count). The van der Waals surface area contributed by atoms with Gasteiger partial charge in [0.1, 0.15) is 5.75 Å². The summed E-state index contributed by atoms with van der Waals surface area (Å²) in [5.41, 5.74) is 7.23. The molecule has 1 fully saturated rings. The lowest BCUT2D eigenvalue weighted by atomic mass is 10.1. The maximum atomic E-state index is 6.04. The fourth-order valence-corrected chi connectivity index (χ4v) is 2.89. The molecule has 0 aromatic heterocycles. The van der Waals surface area contributed by atoms with E-state index in [9.17, 15) is 0 Å². The molecule has 2 N–H and O–H groups in total. The van der Waals surface area contributed by atoms with Crippen LogP contribution in [0.15, 0.2) is 29.3 Å². The van der Waals surface area contributed by atoms with Gasteiger partial charge in [0.15, 0.2) is 5.96 Å². The summed E-state index contributed by atoms with van der Waals surface area (Å²) in [6.07, 6.45) is 2.52. The Bertz CT molecular complexity index is 498. The van der Waals surface area contributed by atoms with E-state index in [0.29, 0.717) is 12.5 Å². The van der Waals surface area contributed by atoms with Crippen LogP contribution in [0, 0.1) is 0 Å². The number of methoxy groups -OCH3 is 1. The highest BCUT2D eigenvalue weighted by molar-refractivity contribution is 5.80. The molecule has 0 spiro atoms. The third-order valence-electron chi connectivity index (χ3n) is 4.00. The summed E-state index contributed by atoms with van der Waals surface area (Å²) in [5, 5.41) is 0. The molecular formula is C15H21N3O2. The normalized spacial score (nSPS) is 25.9. The molecule has 108 valence electrons. The first-order valence-corrected chi connectivity index (χ1v) is 7.10. The molecule has 0 radical (unpaired) electrons. The first-order chi connectivity index (χ1) is 9.78. The first kappa shape index (κ1) is 13.2. The SMILES string of the molecule is COc1cccc(C2CN=C(N)N2CC2CCCO2)c1. The van der Waals surface area contributed by atoms with Crippen molar-refractivity contribution < 1.29 is 9.47 Å². The van der Waals surface area contributed by atoms with Crippen LogP contribution in [0.2, 0.25) is 0 Å². The van der Waals surface area contributed by atoms with Crippen LogP contribution in [0.4, 0.5) is 0 Å². The van der Waals surface area contributed by atoms with Crippen LogP contribution in [0.3, 0.4) is 0 Å². The second-order valence-corrected chi connectivity index (χ2v) is 5.28. The third-order valence-corrected chi connectivity index (χ3v) is 4.00. The third kappa shape index (κ3) is 2.58. The van der Waals surface area contributed by atoms with Crippen LogP contribution in [-0.4, -0.2) is 43.8 Å². The van der Waals surface area contributed by atoms with Gasteiger partial charge >= 0.3 is 0 Å². The predicted molar refractivity (Wildman–Crippen MR) is 77.9 cm³/mol. The Balaban J connectivity index is 1.77. The number of ether oxygens (including phenoxy) is 2. The number of nitrogens with zero attached hydrogens (tertiary/aromatic N) is 2. The van der Waals surface area contributed by atoms with Crippen molar-refractivity contribution in [3.63, 3.8) is 0 Å². The second-order valence-electron chi connectivity index (χ2n) is 5.28. The number of nitrogens with two attached hydrogens (primary N) is 1. The molecule has 5 heteroatoms. The van der Waals surface area contributed by atoms with Crippen molar-refractivity contribution in [3.05, 3.63) is 29.8 Å². The lowest BCUT2D eigenvalue weighted by molar-refractivity contribution is 0.0852. The summed E-state index contributed by atoms with van der Waals surface area (Å²) >= 11 is 0. The van der Waals surface area contributed by atoms with Crippen LogP contribution in [-0.2, 0) is 4.74 Å². The molecule has 2 heterocycles. The van der Waals surface area contributed by atoms with Gasteiger partial charge in [-0.2, -0.15) is 0 Å². The summed E-state index contributed by atoms with van der Waals surface area (Å²) < 4.78 is 11.0. The predicted octanol–water partition coefficient (Wildman–Crippen LogP) is 1.55. The van der Waals surface area contributed by atoms with E-state index in [4.69, 9.17) is 15.2 Å². The highest BCUT2D eigenvalue weighted by Gasteiger charge is 2.31. The molecule has 2 unspecified atom stereocenters. The maximum absolute atomic E-state index is 6.04. The van der Waals surface area contributed by atoms with E-state index in [1.165, 1.54) is 5.56 Å². The van der Waals surface area contributed by atoms with Crippen LogP contribution < -0.4 is 10.5 Å². The van der Waals surface area contributed by atoms with Gasteiger partial charge in [-0.15, -0.1) is 0 Å². The Morgan fingerprint density at radius 1 is 1.50 bits per heavy atom. The van der Waals surface area contributed by atoms with Gasteiger partial charge in [0.25, 0.3) is 0 Å². The minimum atomic E-state index is 0.189. The number of rotatable bonds is 4. The number of hydrogen-bond donors (Lipinski definition) is 1. The number of benzene rings is 1. The summed E-state index contributed by atoms with van der Waals surface area (Å²) in [4.78, 5) is 6.55. The van der Waals surface area contributed by atoms with E-state index in [1.807, 2.05) is 12.1 Å². The van der Waals surface area contributed by atoms with Crippen molar-refractivity contribution in [2.45, 2.75) is 25.0 Å². The van der Waals surface area contributed by atoms with Crippen molar-refractivity contribution in [3.8, 4) is 5.75 Å². The van der Waals surface area contributed by atoms with E-state index in [2.05, 4.69) is 22.0 Å². The van der Waals surface area contributed by atoms with Gasteiger partial charge in [0.2, 0.25) is 0 Å². The standard InChI is InChI=1S/C15H21N3O2/c1-19-12-5-2-4-11(8-12)14-9-17-15(16)18(14)10-13-6-3-7-20-13/h2,4-5,8,13-14H,3,6-7,9-10H2,1H3,(H2,16,17). The van der Waals surface area contributed by atoms with E-state index in [1.54, 1.807) is 7.11 Å². The fraction of sp³-hybridized carbons (Fsp3) is 0.533. The fourth-order valence-electron chi connectivity index (χ4n) is 2.89. The average molecular weight is 275 g/mol. The molecule has 5 nitrogen and oxygen atoms in total. The molecule has 1 aromatic carbocycles. The zero-order valence-corrected chi connectivity index (χ0v) is 11.8. The molecule has 0 amide bonds. The van der Waals surface area contributed by atoms with E-state index >= 15 is 0 Å². The van der Waals surface area contributed by atoms with Gasteiger partial charge < -0.3 is 20.1 Å². The molecule has 20 heavy (non-hydrogen) atoms. The van der Waals surface area contributed by atoms with Gasteiger partial charge in [0.05, 0.1) is 25.8 Å². The van der Waals surface area contributed by atoms with E-state index in [-0.39, 0.29) is 12.1 Å². The number of aliphatic imine (C=N–C) groups is 1. The van der Waals surface area contributed by atoms with Crippen LogP contribution in [0.1, 0.15) is 24.4 Å². The Hall–Kier alpha value is -1.75. The smallest absolute Gasteiger partial charge is 0.192 e. The van der Waals surface area contributed by atoms with E-state index in [0.717, 1.165) is 31.7 Å². The zero-order valence-electron chi connectivity index (χ0n) is 11.8. The monoisotopic (exact) mass is 275 g/mol. The van der Waals surface area contributed by atoms with Gasteiger partial charge in [-0.25, -0.2) is 0 Å². The van der Waals surface area contributed by atoms with E-state index < -0.39 is 0 Å². The molecule has 2 aliphatic heterocycles. The lowest BCUT2D eigenvalue weighted by Crippen LogP contribution is -2.41. The zero-order chi connectivity index (χ0) is 13.9. The molecular weight excluding hydrogens is 254 g/mol. The Kier molecular flexibility index (Phi) is 3.78. The summed E-state index contributed by atoms with van der Waals surface area (Å²) in [7, 11) is 1.68.